The molecule has 4 heterocycles. The van der Waals surface area contributed by atoms with Gasteiger partial charge in [-0.25, -0.2) is 29.9 Å². The molecule has 4 aromatic heterocycles. The minimum atomic E-state index is -1.44. The van der Waals surface area contributed by atoms with Crippen molar-refractivity contribution in [3.8, 4) is 157 Å². The maximum atomic E-state index is 9.50. The number of halogens is 2. The number of pyridine rings is 2. The fourth-order valence-corrected chi connectivity index (χ4v) is 17.4. The zero-order valence-electron chi connectivity index (χ0n) is 58.1. The molecule has 0 saturated heterocycles. The lowest BCUT2D eigenvalue weighted by atomic mass is 9.76. The van der Waals surface area contributed by atoms with Crippen LogP contribution in [0.25, 0.3) is 211 Å². The van der Waals surface area contributed by atoms with E-state index in [1.54, 1.807) is 12.3 Å². The Morgan fingerprint density at radius 3 is 0.954 bits per heavy atom. The van der Waals surface area contributed by atoms with Crippen LogP contribution in [0.3, 0.4) is 0 Å². The molecule has 0 atom stereocenters. The van der Waals surface area contributed by atoms with E-state index in [1.165, 1.54) is 99.4 Å². The number of aromatic nitrogens is 8. The van der Waals surface area contributed by atoms with Crippen molar-refractivity contribution in [1.82, 2.24) is 39.9 Å². The van der Waals surface area contributed by atoms with Crippen molar-refractivity contribution in [3.05, 3.63) is 343 Å². The lowest BCUT2D eigenvalue weighted by Crippen LogP contribution is -2.30. The van der Waals surface area contributed by atoms with Crippen LogP contribution in [0.5, 0.6) is 0 Å². The molecular formula is C96H57BBr2N8O2. The fraction of sp³-hybridized carbons (Fsp3) is 0. The van der Waals surface area contributed by atoms with Gasteiger partial charge in [-0.2, -0.15) is 0 Å². The average molecular weight is 1530 g/mol. The molecule has 109 heavy (non-hydrogen) atoms. The van der Waals surface area contributed by atoms with Crippen molar-refractivity contribution < 1.29 is 10.0 Å². The Morgan fingerprint density at radius 1 is 0.220 bits per heavy atom. The van der Waals surface area contributed by atoms with E-state index in [0.29, 0.717) is 40.4 Å². The third-order valence-electron chi connectivity index (χ3n) is 20.9. The summed E-state index contributed by atoms with van der Waals surface area (Å²) in [6.45, 7) is 0. The molecule has 2 N–H and O–H groups in total. The Labute approximate surface area is 644 Å². The van der Waals surface area contributed by atoms with Crippen LogP contribution in [-0.2, 0) is 0 Å². The standard InChI is InChI=1S/C56H32N4.C24H14Br2N4.C16H11BO2/c1-2-11-33(12-3-1)54-58-55(35-22-27-51-34(29-35)13-10-28-57-51)60-56(59-54)38-31-36(39-23-25-49-43-16-6-4-14-41(43)47-20-8-18-45(39)52(47)49)30-37(32-38)40-24-26-50-44-17-7-5-15-42(44)48-21-9-19-46(40)53(48)50;25-19-12-18(13-20(26)14-19)24-29-22(15-5-2-1-3-6-15)28-23(30-24)17-8-9-21-16(11-17)7-4-10-27-21;18-17(19)15-9-8-13-11-5-2-1-4-10(11)12-6-3-7-14(15)16(12)13/h1-32H;1-14H;1-9,18-19H. The highest BCUT2D eigenvalue weighted by molar-refractivity contribution is 9.11. The Balaban J connectivity index is 0.000000131. The molecule has 15 aromatic carbocycles. The molecule has 0 radical (unpaired) electrons. The van der Waals surface area contributed by atoms with Gasteiger partial charge in [0, 0.05) is 65.5 Å². The zero-order valence-corrected chi connectivity index (χ0v) is 61.2. The summed E-state index contributed by atoms with van der Waals surface area (Å²) >= 11 is 7.11. The van der Waals surface area contributed by atoms with Gasteiger partial charge in [-0.15, -0.1) is 0 Å². The van der Waals surface area contributed by atoms with Crippen LogP contribution in [0.1, 0.15) is 0 Å². The van der Waals surface area contributed by atoms with E-state index in [0.717, 1.165) is 86.0 Å². The van der Waals surface area contributed by atoms with Crippen LogP contribution < -0.4 is 5.46 Å². The van der Waals surface area contributed by atoms with Crippen molar-refractivity contribution in [2.24, 2.45) is 0 Å². The number of nitrogens with zero attached hydrogens (tertiary/aromatic N) is 8. The summed E-state index contributed by atoms with van der Waals surface area (Å²) in [5.41, 5.74) is 27.6. The Kier molecular flexibility index (Phi) is 16.2. The number of benzene rings is 15. The van der Waals surface area contributed by atoms with Gasteiger partial charge in [0.1, 0.15) is 0 Å². The van der Waals surface area contributed by atoms with E-state index >= 15 is 0 Å². The van der Waals surface area contributed by atoms with Gasteiger partial charge in [0.15, 0.2) is 34.9 Å². The molecule has 3 aliphatic rings. The van der Waals surface area contributed by atoms with Gasteiger partial charge in [-0.05, 0) is 212 Å². The Hall–Kier alpha value is -13.1. The smallest absolute Gasteiger partial charge is 0.423 e. The highest BCUT2D eigenvalue weighted by Crippen LogP contribution is 2.53. The van der Waals surface area contributed by atoms with Gasteiger partial charge >= 0.3 is 7.12 Å². The summed E-state index contributed by atoms with van der Waals surface area (Å²) in [5, 5.41) is 28.2. The summed E-state index contributed by atoms with van der Waals surface area (Å²) in [6, 6.07) is 112. The number of rotatable bonds is 9. The van der Waals surface area contributed by atoms with Gasteiger partial charge in [0.25, 0.3) is 0 Å². The van der Waals surface area contributed by atoms with Crippen molar-refractivity contribution >= 4 is 98.6 Å². The zero-order chi connectivity index (χ0) is 72.8. The topological polar surface area (TPSA) is 144 Å². The second-order valence-electron chi connectivity index (χ2n) is 27.3. The van der Waals surface area contributed by atoms with Gasteiger partial charge in [0.05, 0.1) is 11.0 Å². The second kappa shape index (κ2) is 27.0. The quantitative estimate of drug-likeness (QED) is 0.134. The van der Waals surface area contributed by atoms with E-state index in [2.05, 4.69) is 224 Å². The molecule has 19 aromatic rings. The minimum absolute atomic E-state index is 0.563. The molecule has 0 fully saturated rings. The molecule has 22 rings (SSSR count). The molecule has 13 heteroatoms. The Bertz CT molecular complexity index is 6700. The summed E-state index contributed by atoms with van der Waals surface area (Å²) < 4.78 is 1.90. The first kappa shape index (κ1) is 65.4. The van der Waals surface area contributed by atoms with Gasteiger partial charge in [-0.3, -0.25) is 9.97 Å². The van der Waals surface area contributed by atoms with E-state index in [9.17, 15) is 10.0 Å². The average Bonchev–Trinajstić information content (AvgIpc) is 1.59. The molecule has 0 bridgehead atoms. The lowest BCUT2D eigenvalue weighted by molar-refractivity contribution is 0.426. The third kappa shape index (κ3) is 11.7. The van der Waals surface area contributed by atoms with Crippen LogP contribution in [0.15, 0.2) is 343 Å². The second-order valence-corrected chi connectivity index (χ2v) is 29.2. The van der Waals surface area contributed by atoms with E-state index in [4.69, 9.17) is 29.9 Å². The Morgan fingerprint density at radius 2 is 0.541 bits per heavy atom. The fourth-order valence-electron chi connectivity index (χ4n) is 16.1. The maximum absolute atomic E-state index is 9.50. The van der Waals surface area contributed by atoms with Crippen LogP contribution in [0.2, 0.25) is 0 Å². The summed E-state index contributed by atoms with van der Waals surface area (Å²) in [4.78, 5) is 39.0. The van der Waals surface area contributed by atoms with Crippen LogP contribution in [-0.4, -0.2) is 57.0 Å². The minimum Gasteiger partial charge on any atom is -0.423 e. The highest BCUT2D eigenvalue weighted by atomic mass is 79.9. The van der Waals surface area contributed by atoms with Crippen molar-refractivity contribution in [1.29, 1.82) is 0 Å². The van der Waals surface area contributed by atoms with E-state index < -0.39 is 7.12 Å². The summed E-state index contributed by atoms with van der Waals surface area (Å²) in [7, 11) is -1.44. The molecule has 0 saturated carbocycles. The molecule has 0 spiro atoms. The first-order valence-corrected chi connectivity index (χ1v) is 37.5. The van der Waals surface area contributed by atoms with Gasteiger partial charge in [-0.1, -0.05) is 268 Å². The lowest BCUT2D eigenvalue weighted by Gasteiger charge is -2.16. The number of fused-ring (bicyclic) bond motifs is 11. The largest absolute Gasteiger partial charge is 0.489 e. The maximum Gasteiger partial charge on any atom is 0.489 e. The van der Waals surface area contributed by atoms with Gasteiger partial charge < -0.3 is 10.0 Å². The third-order valence-corrected chi connectivity index (χ3v) is 21.9. The normalized spacial score (nSPS) is 11.7. The van der Waals surface area contributed by atoms with Crippen molar-refractivity contribution in [2.75, 3.05) is 0 Å². The van der Waals surface area contributed by atoms with Crippen molar-refractivity contribution in [3.63, 3.8) is 0 Å². The molecule has 0 aliphatic heterocycles. The summed E-state index contributed by atoms with van der Waals surface area (Å²) in [5.74, 6) is 3.73. The first-order valence-electron chi connectivity index (χ1n) is 35.9. The highest BCUT2D eigenvalue weighted by Gasteiger charge is 2.28. The molecule has 510 valence electrons. The van der Waals surface area contributed by atoms with E-state index in [1.807, 2.05) is 140 Å². The first-order chi connectivity index (χ1) is 53.7. The van der Waals surface area contributed by atoms with Crippen molar-refractivity contribution in [2.45, 2.75) is 0 Å². The monoisotopic (exact) mass is 1520 g/mol. The molecular weight excluding hydrogens is 1470 g/mol. The van der Waals surface area contributed by atoms with Gasteiger partial charge in [0.2, 0.25) is 0 Å². The molecule has 0 amide bonds. The molecule has 0 unspecified atom stereocenters. The SMILES string of the molecule is Brc1cc(Br)cc(-c2nc(-c3ccccc3)nc(-c3ccc4ncccc4c3)n2)c1.OB(O)c1ccc2c3c(cccc13)-c1ccccc1-2.c1ccc(-c2nc(-c3cc(-c4ccc5c6c(cccc46)-c4ccccc4-5)cc(-c4ccc5c6c(cccc46)-c4ccccc4-5)c3)nc(-c3ccc4ncccc4c3)n2)cc1. The van der Waals surface area contributed by atoms with Crippen LogP contribution >= 0.6 is 31.9 Å². The predicted octanol–water partition coefficient (Wildman–Crippen LogP) is 23.5. The predicted molar refractivity (Wildman–Crippen MR) is 451 cm³/mol. The molecule has 3 aliphatic carbocycles. The number of hydrogen-bond acceptors (Lipinski definition) is 10. The molecule has 10 nitrogen and oxygen atoms in total. The van der Waals surface area contributed by atoms with E-state index in [-0.39, 0.29) is 0 Å². The number of hydrogen-bond donors (Lipinski definition) is 2. The van der Waals surface area contributed by atoms with Crippen LogP contribution in [0, 0.1) is 0 Å². The van der Waals surface area contributed by atoms with Crippen LogP contribution in [0.4, 0.5) is 0 Å². The summed E-state index contributed by atoms with van der Waals surface area (Å²) in [6.07, 6.45) is 3.62.